The zero-order valence-corrected chi connectivity index (χ0v) is 16.9. The molecule has 0 bridgehead atoms. The number of nitrogens with zero attached hydrogens (tertiary/aromatic N) is 1. The van der Waals surface area contributed by atoms with Gasteiger partial charge in [0.1, 0.15) is 19.0 Å². The van der Waals surface area contributed by atoms with E-state index < -0.39 is 0 Å². The molecule has 2 aliphatic rings. The van der Waals surface area contributed by atoms with Gasteiger partial charge in [-0.3, -0.25) is 9.69 Å². The Morgan fingerprint density at radius 1 is 1.14 bits per heavy atom. The number of nitrogens with one attached hydrogen (secondary N) is 1. The smallest absolute Gasteiger partial charge is 0.234 e. The Kier molecular flexibility index (Phi) is 6.20. The Balaban J connectivity index is 1.29. The van der Waals surface area contributed by atoms with E-state index in [1.54, 1.807) is 7.11 Å². The number of hydrogen-bond acceptors (Lipinski definition) is 5. The maximum absolute atomic E-state index is 12.5. The van der Waals surface area contributed by atoms with E-state index in [2.05, 4.69) is 22.3 Å². The summed E-state index contributed by atoms with van der Waals surface area (Å²) in [6, 6.07) is 14.3. The summed E-state index contributed by atoms with van der Waals surface area (Å²) in [6.45, 7) is 3.17. The fraction of sp³-hybridized carbons (Fsp3) is 0.435. The fourth-order valence-corrected chi connectivity index (χ4v) is 4.04. The van der Waals surface area contributed by atoms with Gasteiger partial charge in [0.25, 0.3) is 0 Å². The van der Waals surface area contributed by atoms with E-state index >= 15 is 0 Å². The molecule has 0 saturated carbocycles. The van der Waals surface area contributed by atoms with Gasteiger partial charge in [0.2, 0.25) is 5.91 Å². The Morgan fingerprint density at radius 3 is 2.72 bits per heavy atom. The van der Waals surface area contributed by atoms with Crippen LogP contribution in [0.5, 0.6) is 17.2 Å². The molecule has 2 aliphatic heterocycles. The average Bonchev–Trinajstić information content (AvgIpc) is 3.22. The predicted octanol–water partition coefficient (Wildman–Crippen LogP) is 2.96. The summed E-state index contributed by atoms with van der Waals surface area (Å²) < 4.78 is 16.5. The lowest BCUT2D eigenvalue weighted by molar-refractivity contribution is -0.122. The van der Waals surface area contributed by atoms with Crippen LogP contribution >= 0.6 is 0 Å². The van der Waals surface area contributed by atoms with Crippen molar-refractivity contribution in [3.63, 3.8) is 0 Å². The largest absolute Gasteiger partial charge is 0.497 e. The molecular weight excluding hydrogens is 368 g/mol. The van der Waals surface area contributed by atoms with E-state index in [0.29, 0.717) is 26.3 Å². The van der Waals surface area contributed by atoms with Crippen LogP contribution in [0, 0.1) is 0 Å². The monoisotopic (exact) mass is 396 g/mol. The molecule has 2 aromatic carbocycles. The summed E-state index contributed by atoms with van der Waals surface area (Å²) in [7, 11) is 1.66. The van der Waals surface area contributed by atoms with Crippen molar-refractivity contribution in [2.45, 2.75) is 25.3 Å². The summed E-state index contributed by atoms with van der Waals surface area (Å²) in [5, 5.41) is 3.05. The molecule has 2 aromatic rings. The van der Waals surface area contributed by atoms with Crippen molar-refractivity contribution < 1.29 is 19.0 Å². The summed E-state index contributed by atoms with van der Waals surface area (Å²) in [4.78, 5) is 14.7. The van der Waals surface area contributed by atoms with Crippen LogP contribution in [0.1, 0.15) is 30.0 Å². The number of carbonyl (C=O) groups excluding carboxylic acids is 1. The fourth-order valence-electron chi connectivity index (χ4n) is 4.04. The summed E-state index contributed by atoms with van der Waals surface area (Å²) in [6.07, 6.45) is 2.96. The lowest BCUT2D eigenvalue weighted by Gasteiger charge is -2.26. The molecule has 0 spiro atoms. The summed E-state index contributed by atoms with van der Waals surface area (Å²) in [5.74, 6) is 2.53. The number of rotatable bonds is 7. The van der Waals surface area contributed by atoms with Gasteiger partial charge in [-0.1, -0.05) is 18.2 Å². The Morgan fingerprint density at radius 2 is 1.93 bits per heavy atom. The van der Waals surface area contributed by atoms with Gasteiger partial charge in [-0.2, -0.15) is 0 Å². The highest BCUT2D eigenvalue weighted by atomic mass is 16.6. The molecular formula is C23H28N2O4. The van der Waals surface area contributed by atoms with Gasteiger partial charge in [-0.05, 0) is 61.2 Å². The molecule has 6 heteroatoms. The molecule has 1 saturated heterocycles. The van der Waals surface area contributed by atoms with E-state index in [-0.39, 0.29) is 11.9 Å². The van der Waals surface area contributed by atoms with Gasteiger partial charge in [0.05, 0.1) is 13.7 Å². The highest BCUT2D eigenvalue weighted by Gasteiger charge is 2.28. The van der Waals surface area contributed by atoms with Gasteiger partial charge in [0, 0.05) is 12.6 Å². The van der Waals surface area contributed by atoms with Crippen LogP contribution in [-0.2, 0) is 11.2 Å². The third-order valence-electron chi connectivity index (χ3n) is 5.56. The van der Waals surface area contributed by atoms with Gasteiger partial charge in [-0.25, -0.2) is 0 Å². The van der Waals surface area contributed by atoms with Crippen LogP contribution in [0.25, 0.3) is 0 Å². The first kappa shape index (κ1) is 19.6. The van der Waals surface area contributed by atoms with Crippen LogP contribution in [0.4, 0.5) is 0 Å². The third kappa shape index (κ3) is 4.82. The van der Waals surface area contributed by atoms with Crippen molar-refractivity contribution in [3.05, 3.63) is 53.6 Å². The summed E-state index contributed by atoms with van der Waals surface area (Å²) in [5.41, 5.74) is 2.37. The van der Waals surface area contributed by atoms with Gasteiger partial charge in [-0.15, -0.1) is 0 Å². The predicted molar refractivity (Wildman–Crippen MR) is 111 cm³/mol. The molecule has 4 rings (SSSR count). The number of carbonyl (C=O) groups is 1. The van der Waals surface area contributed by atoms with Crippen LogP contribution in [0.3, 0.4) is 0 Å². The minimum atomic E-state index is 0.0722. The minimum Gasteiger partial charge on any atom is -0.497 e. The van der Waals surface area contributed by atoms with Crippen molar-refractivity contribution in [1.29, 1.82) is 0 Å². The number of methoxy groups -OCH3 is 1. The number of benzene rings is 2. The lowest BCUT2D eigenvalue weighted by atomic mass is 10.0. The maximum atomic E-state index is 12.5. The second-order valence-corrected chi connectivity index (χ2v) is 7.48. The SMILES string of the molecule is COc1ccc(CCNC(=O)CN2CCCC2c2ccc3c(c2)OCCO3)cc1. The Labute approximate surface area is 171 Å². The van der Waals surface area contributed by atoms with E-state index in [0.717, 1.165) is 43.1 Å². The van der Waals surface area contributed by atoms with Crippen molar-refractivity contribution in [1.82, 2.24) is 10.2 Å². The van der Waals surface area contributed by atoms with Crippen molar-refractivity contribution in [2.24, 2.45) is 0 Å². The minimum absolute atomic E-state index is 0.0722. The van der Waals surface area contributed by atoms with Gasteiger partial charge in [0.15, 0.2) is 11.5 Å². The van der Waals surface area contributed by atoms with Gasteiger partial charge >= 0.3 is 0 Å². The molecule has 0 aliphatic carbocycles. The van der Waals surface area contributed by atoms with Crippen molar-refractivity contribution >= 4 is 5.91 Å². The van der Waals surface area contributed by atoms with Crippen LogP contribution in [0.2, 0.25) is 0 Å². The van der Waals surface area contributed by atoms with Crippen molar-refractivity contribution in [3.8, 4) is 17.2 Å². The molecule has 1 atom stereocenters. The van der Waals surface area contributed by atoms with E-state index in [1.807, 2.05) is 30.3 Å². The van der Waals surface area contributed by atoms with Crippen LogP contribution < -0.4 is 19.5 Å². The van der Waals surface area contributed by atoms with E-state index in [9.17, 15) is 4.79 Å². The van der Waals surface area contributed by atoms with E-state index in [1.165, 1.54) is 11.1 Å². The first-order valence-electron chi connectivity index (χ1n) is 10.3. The molecule has 29 heavy (non-hydrogen) atoms. The number of fused-ring (bicyclic) bond motifs is 1. The molecule has 0 radical (unpaired) electrons. The molecule has 6 nitrogen and oxygen atoms in total. The van der Waals surface area contributed by atoms with Crippen LogP contribution in [-0.4, -0.2) is 50.8 Å². The lowest BCUT2D eigenvalue weighted by Crippen LogP contribution is -2.37. The Bertz CT molecular complexity index is 837. The van der Waals surface area contributed by atoms with E-state index in [4.69, 9.17) is 14.2 Å². The molecule has 1 unspecified atom stereocenters. The molecule has 2 heterocycles. The number of hydrogen-bond donors (Lipinski definition) is 1. The first-order chi connectivity index (χ1) is 14.2. The number of likely N-dealkylation sites (tertiary alicyclic amines) is 1. The van der Waals surface area contributed by atoms with Crippen LogP contribution in [0.15, 0.2) is 42.5 Å². The Hall–Kier alpha value is -2.73. The second kappa shape index (κ2) is 9.18. The van der Waals surface area contributed by atoms with Gasteiger partial charge < -0.3 is 19.5 Å². The third-order valence-corrected chi connectivity index (χ3v) is 5.56. The number of amides is 1. The highest BCUT2D eigenvalue weighted by Crippen LogP contribution is 2.37. The zero-order valence-electron chi connectivity index (χ0n) is 16.9. The first-order valence-corrected chi connectivity index (χ1v) is 10.3. The van der Waals surface area contributed by atoms with Crippen molar-refractivity contribution in [2.75, 3.05) is 40.0 Å². The standard InChI is InChI=1S/C23H28N2O4/c1-27-19-7-4-17(5-8-19)10-11-24-23(26)16-25-12-2-3-20(25)18-6-9-21-22(15-18)29-14-13-28-21/h4-9,15,20H,2-3,10-14,16H2,1H3,(H,24,26). The zero-order chi connectivity index (χ0) is 20.1. The molecule has 1 N–H and O–H groups in total. The maximum Gasteiger partial charge on any atom is 0.234 e. The normalized spacial score (nSPS) is 18.4. The molecule has 1 fully saturated rings. The number of ether oxygens (including phenoxy) is 3. The average molecular weight is 396 g/mol. The topological polar surface area (TPSA) is 60.0 Å². The second-order valence-electron chi connectivity index (χ2n) is 7.48. The molecule has 0 aromatic heterocycles. The highest BCUT2D eigenvalue weighted by molar-refractivity contribution is 5.78. The quantitative estimate of drug-likeness (QED) is 0.780. The molecule has 154 valence electrons. The molecule has 1 amide bonds. The summed E-state index contributed by atoms with van der Waals surface area (Å²) >= 11 is 0.